The van der Waals surface area contributed by atoms with E-state index in [0.29, 0.717) is 23.2 Å². The lowest BCUT2D eigenvalue weighted by Crippen LogP contribution is -2.39. The lowest BCUT2D eigenvalue weighted by Gasteiger charge is -2.18. The van der Waals surface area contributed by atoms with Crippen molar-refractivity contribution >= 4 is 29.1 Å². The molecule has 0 radical (unpaired) electrons. The number of amides is 1. The first kappa shape index (κ1) is 15.5. The van der Waals surface area contributed by atoms with Crippen LogP contribution in [0.3, 0.4) is 0 Å². The minimum absolute atomic E-state index is 0.124. The quantitative estimate of drug-likeness (QED) is 0.843. The molecule has 3 atom stereocenters. The first-order chi connectivity index (χ1) is 9.56. The smallest absolute Gasteiger partial charge is 0.260 e. The maximum atomic E-state index is 12.0. The number of rotatable bonds is 5. The highest BCUT2D eigenvalue weighted by atomic mass is 35.5. The predicted octanol–water partition coefficient (Wildman–Crippen LogP) is 3.63. The maximum absolute atomic E-state index is 12.0. The van der Waals surface area contributed by atoms with Gasteiger partial charge in [0.15, 0.2) is 6.10 Å². The van der Waals surface area contributed by atoms with E-state index in [2.05, 4.69) is 5.32 Å². The van der Waals surface area contributed by atoms with Crippen LogP contribution in [0.15, 0.2) is 24.3 Å². The van der Waals surface area contributed by atoms with E-state index < -0.39 is 6.10 Å². The second-order valence-electron chi connectivity index (χ2n) is 5.17. The van der Waals surface area contributed by atoms with E-state index in [1.54, 1.807) is 31.2 Å². The molecule has 1 N–H and O–H groups in total. The van der Waals surface area contributed by atoms with Gasteiger partial charge in [-0.25, -0.2) is 0 Å². The molecule has 110 valence electrons. The van der Waals surface area contributed by atoms with Gasteiger partial charge in [0.05, 0.1) is 0 Å². The van der Waals surface area contributed by atoms with Crippen LogP contribution in [0.1, 0.15) is 26.2 Å². The molecule has 1 aromatic rings. The van der Waals surface area contributed by atoms with E-state index in [9.17, 15) is 4.79 Å². The van der Waals surface area contributed by atoms with Crippen molar-refractivity contribution in [3.63, 3.8) is 0 Å². The Morgan fingerprint density at radius 2 is 2.30 bits per heavy atom. The number of carbonyl (C=O) groups is 1. The number of hydrogen-bond acceptors (Lipinski definition) is 2. The van der Waals surface area contributed by atoms with E-state index in [1.807, 2.05) is 0 Å². The van der Waals surface area contributed by atoms with Crippen LogP contribution in [-0.2, 0) is 4.79 Å². The summed E-state index contributed by atoms with van der Waals surface area (Å²) < 4.78 is 5.57. The largest absolute Gasteiger partial charge is 0.481 e. The van der Waals surface area contributed by atoms with Crippen molar-refractivity contribution in [3.05, 3.63) is 29.3 Å². The number of benzene rings is 1. The summed E-state index contributed by atoms with van der Waals surface area (Å²) in [6.07, 6.45) is 2.71. The normalized spacial score (nSPS) is 23.4. The highest BCUT2D eigenvalue weighted by molar-refractivity contribution is 6.30. The number of alkyl halides is 1. The van der Waals surface area contributed by atoms with Crippen molar-refractivity contribution in [1.29, 1.82) is 0 Å². The van der Waals surface area contributed by atoms with Crippen LogP contribution in [0.4, 0.5) is 0 Å². The van der Waals surface area contributed by atoms with Crippen LogP contribution >= 0.6 is 23.2 Å². The van der Waals surface area contributed by atoms with Gasteiger partial charge < -0.3 is 10.1 Å². The van der Waals surface area contributed by atoms with Gasteiger partial charge in [0.2, 0.25) is 0 Å². The van der Waals surface area contributed by atoms with Gasteiger partial charge in [-0.3, -0.25) is 4.79 Å². The molecule has 0 heterocycles. The molecule has 1 fully saturated rings. The van der Waals surface area contributed by atoms with E-state index >= 15 is 0 Å². The average molecular weight is 316 g/mol. The first-order valence-corrected chi connectivity index (χ1v) is 7.71. The highest BCUT2D eigenvalue weighted by Crippen LogP contribution is 2.29. The summed E-state index contributed by atoms with van der Waals surface area (Å²) >= 11 is 12.1. The van der Waals surface area contributed by atoms with Gasteiger partial charge in [-0.1, -0.05) is 24.1 Å². The second-order valence-corrected chi connectivity index (χ2v) is 6.17. The maximum Gasteiger partial charge on any atom is 0.260 e. The van der Waals surface area contributed by atoms with Crippen molar-refractivity contribution in [2.75, 3.05) is 6.54 Å². The van der Waals surface area contributed by atoms with Crippen molar-refractivity contribution < 1.29 is 9.53 Å². The van der Waals surface area contributed by atoms with Crippen LogP contribution < -0.4 is 10.1 Å². The monoisotopic (exact) mass is 315 g/mol. The van der Waals surface area contributed by atoms with Crippen LogP contribution in [0, 0.1) is 5.92 Å². The summed E-state index contributed by atoms with van der Waals surface area (Å²) in [6, 6.07) is 7.03. The fourth-order valence-corrected chi connectivity index (χ4v) is 2.94. The summed E-state index contributed by atoms with van der Waals surface area (Å²) in [7, 11) is 0. The molecule has 0 saturated heterocycles. The molecule has 0 aromatic heterocycles. The van der Waals surface area contributed by atoms with Gasteiger partial charge in [0, 0.05) is 16.9 Å². The molecule has 0 spiro atoms. The van der Waals surface area contributed by atoms with Gasteiger partial charge in [0.25, 0.3) is 5.91 Å². The molecule has 3 unspecified atom stereocenters. The minimum Gasteiger partial charge on any atom is -0.481 e. The highest BCUT2D eigenvalue weighted by Gasteiger charge is 2.26. The Bertz CT molecular complexity index is 467. The molecule has 1 aromatic carbocycles. The number of hydrogen-bond donors (Lipinski definition) is 1. The van der Waals surface area contributed by atoms with Crippen molar-refractivity contribution in [3.8, 4) is 5.75 Å². The molecular formula is C15H19Cl2NO2. The number of halogens is 2. The van der Waals surface area contributed by atoms with Crippen LogP contribution in [0.5, 0.6) is 5.75 Å². The third-order valence-corrected chi connectivity index (χ3v) is 4.39. The second kappa shape index (κ2) is 7.19. The zero-order valence-corrected chi connectivity index (χ0v) is 13.0. The van der Waals surface area contributed by atoms with Crippen molar-refractivity contribution in [1.82, 2.24) is 5.32 Å². The molecule has 0 bridgehead atoms. The van der Waals surface area contributed by atoms with Crippen LogP contribution in [0.2, 0.25) is 5.02 Å². The Balaban J connectivity index is 1.80. The molecule has 3 nitrogen and oxygen atoms in total. The molecule has 1 saturated carbocycles. The van der Waals surface area contributed by atoms with E-state index in [-0.39, 0.29) is 11.3 Å². The van der Waals surface area contributed by atoms with E-state index in [4.69, 9.17) is 27.9 Å². The SMILES string of the molecule is CC(Oc1cccc(Cl)c1)C(=O)NCC1CCCC1Cl. The zero-order valence-electron chi connectivity index (χ0n) is 11.4. The Kier molecular flexibility index (Phi) is 5.55. The Labute approximate surface area is 129 Å². The fraction of sp³-hybridized carbons (Fsp3) is 0.533. The summed E-state index contributed by atoms with van der Waals surface area (Å²) in [5.74, 6) is 0.843. The molecule has 2 rings (SSSR count). The van der Waals surface area contributed by atoms with Crippen molar-refractivity contribution in [2.24, 2.45) is 5.92 Å². The summed E-state index contributed by atoms with van der Waals surface area (Å²) in [6.45, 7) is 2.35. The summed E-state index contributed by atoms with van der Waals surface area (Å²) in [4.78, 5) is 12.0. The molecule has 20 heavy (non-hydrogen) atoms. The predicted molar refractivity (Wildman–Crippen MR) is 81.5 cm³/mol. The molecule has 1 aliphatic carbocycles. The van der Waals surface area contributed by atoms with Crippen LogP contribution in [-0.4, -0.2) is 23.9 Å². The van der Waals surface area contributed by atoms with Gasteiger partial charge in [-0.05, 0) is 43.9 Å². The molecule has 1 amide bonds. The first-order valence-electron chi connectivity index (χ1n) is 6.90. The lowest BCUT2D eigenvalue weighted by atomic mass is 10.1. The van der Waals surface area contributed by atoms with E-state index in [0.717, 1.165) is 19.3 Å². The molecule has 0 aliphatic heterocycles. The third-order valence-electron chi connectivity index (χ3n) is 3.58. The number of carbonyl (C=O) groups excluding carboxylic acids is 1. The molecule has 1 aliphatic rings. The van der Waals surface area contributed by atoms with Gasteiger partial charge in [-0.2, -0.15) is 0 Å². The molecule has 5 heteroatoms. The van der Waals surface area contributed by atoms with Gasteiger partial charge >= 0.3 is 0 Å². The lowest BCUT2D eigenvalue weighted by molar-refractivity contribution is -0.127. The van der Waals surface area contributed by atoms with E-state index in [1.165, 1.54) is 0 Å². The fourth-order valence-electron chi connectivity index (χ4n) is 2.39. The van der Waals surface area contributed by atoms with Crippen LogP contribution in [0.25, 0.3) is 0 Å². The third kappa shape index (κ3) is 4.29. The van der Waals surface area contributed by atoms with Crippen molar-refractivity contribution in [2.45, 2.75) is 37.7 Å². The number of nitrogens with one attached hydrogen (secondary N) is 1. The number of ether oxygens (including phenoxy) is 1. The topological polar surface area (TPSA) is 38.3 Å². The Morgan fingerprint density at radius 3 is 2.95 bits per heavy atom. The van der Waals surface area contributed by atoms with Gasteiger partial charge in [0.1, 0.15) is 5.75 Å². The average Bonchev–Trinajstić information content (AvgIpc) is 2.81. The summed E-state index contributed by atoms with van der Waals surface area (Å²) in [5.41, 5.74) is 0. The standard InChI is InChI=1S/C15H19Cl2NO2/c1-10(20-13-6-3-5-12(16)8-13)15(19)18-9-11-4-2-7-14(11)17/h3,5-6,8,10-11,14H,2,4,7,9H2,1H3,(H,18,19). The Hall–Kier alpha value is -0.930. The minimum atomic E-state index is -0.552. The summed E-state index contributed by atoms with van der Waals surface area (Å²) in [5, 5.41) is 3.68. The molecular weight excluding hydrogens is 297 g/mol. The Morgan fingerprint density at radius 1 is 1.50 bits per heavy atom. The van der Waals surface area contributed by atoms with Gasteiger partial charge in [-0.15, -0.1) is 11.6 Å². The zero-order chi connectivity index (χ0) is 14.5.